The van der Waals surface area contributed by atoms with Crippen LogP contribution in [0.5, 0.6) is 5.75 Å². The standard InChI is InChI=1S/C22H21ClN2O4S/c1-15(2)29-21-10-6-3-7-18(21)22(26)24-16-11-13-17(14-12-16)30(27,28)25-20-9-5-4-8-19(20)23/h3-15,25H,1-2H3,(H,24,26). The zero-order valence-corrected chi connectivity index (χ0v) is 18.0. The van der Waals surface area contributed by atoms with E-state index >= 15 is 0 Å². The number of sulfonamides is 1. The molecule has 0 radical (unpaired) electrons. The predicted molar refractivity (Wildman–Crippen MR) is 119 cm³/mol. The molecule has 8 heteroatoms. The van der Waals surface area contributed by atoms with Gasteiger partial charge < -0.3 is 10.1 Å². The third-order valence-corrected chi connectivity index (χ3v) is 5.75. The molecule has 3 rings (SSSR count). The van der Waals surface area contributed by atoms with Crippen LogP contribution in [0.4, 0.5) is 11.4 Å². The van der Waals surface area contributed by atoms with Crippen molar-refractivity contribution in [2.24, 2.45) is 0 Å². The van der Waals surface area contributed by atoms with Gasteiger partial charge in [0.15, 0.2) is 0 Å². The number of ether oxygens (including phenoxy) is 1. The lowest BCUT2D eigenvalue weighted by atomic mass is 10.1. The first-order valence-corrected chi connectivity index (χ1v) is 11.1. The molecule has 0 heterocycles. The van der Waals surface area contributed by atoms with Gasteiger partial charge in [0.25, 0.3) is 15.9 Å². The molecule has 0 saturated carbocycles. The van der Waals surface area contributed by atoms with E-state index in [4.69, 9.17) is 16.3 Å². The second-order valence-corrected chi connectivity index (χ2v) is 8.82. The van der Waals surface area contributed by atoms with E-state index in [1.807, 2.05) is 13.8 Å². The summed E-state index contributed by atoms with van der Waals surface area (Å²) in [7, 11) is -3.82. The summed E-state index contributed by atoms with van der Waals surface area (Å²) >= 11 is 6.02. The van der Waals surface area contributed by atoms with Crippen LogP contribution in [0.25, 0.3) is 0 Å². The molecule has 0 bridgehead atoms. The molecule has 0 unspecified atom stereocenters. The average molecular weight is 445 g/mol. The van der Waals surface area contributed by atoms with Crippen LogP contribution in [0.2, 0.25) is 5.02 Å². The fourth-order valence-corrected chi connectivity index (χ4v) is 3.99. The first-order valence-electron chi connectivity index (χ1n) is 9.21. The Morgan fingerprint density at radius 2 is 1.57 bits per heavy atom. The number of carbonyl (C=O) groups is 1. The Morgan fingerprint density at radius 3 is 2.23 bits per heavy atom. The van der Waals surface area contributed by atoms with E-state index in [1.165, 1.54) is 24.3 Å². The summed E-state index contributed by atoms with van der Waals surface area (Å²) in [6.07, 6.45) is -0.0749. The van der Waals surface area contributed by atoms with Crippen LogP contribution < -0.4 is 14.8 Å². The van der Waals surface area contributed by atoms with Gasteiger partial charge in [0, 0.05) is 5.69 Å². The quantitative estimate of drug-likeness (QED) is 0.525. The van der Waals surface area contributed by atoms with Crippen LogP contribution >= 0.6 is 11.6 Å². The smallest absolute Gasteiger partial charge is 0.261 e. The average Bonchev–Trinajstić information content (AvgIpc) is 2.70. The van der Waals surface area contributed by atoms with Crippen molar-refractivity contribution >= 4 is 38.9 Å². The van der Waals surface area contributed by atoms with Crippen molar-refractivity contribution in [3.8, 4) is 5.75 Å². The van der Waals surface area contributed by atoms with Gasteiger partial charge in [0.1, 0.15) is 5.75 Å². The molecule has 0 atom stereocenters. The van der Waals surface area contributed by atoms with E-state index in [2.05, 4.69) is 10.0 Å². The van der Waals surface area contributed by atoms with Gasteiger partial charge in [0.2, 0.25) is 0 Å². The minimum absolute atomic E-state index is 0.0453. The molecule has 1 amide bonds. The molecule has 0 spiro atoms. The number of para-hydroxylation sites is 2. The lowest BCUT2D eigenvalue weighted by Crippen LogP contribution is -2.16. The highest BCUT2D eigenvalue weighted by atomic mass is 35.5. The molecule has 0 fully saturated rings. The maximum Gasteiger partial charge on any atom is 0.261 e. The number of carbonyl (C=O) groups excluding carboxylic acids is 1. The molecule has 0 saturated heterocycles. The van der Waals surface area contributed by atoms with Gasteiger partial charge in [-0.2, -0.15) is 0 Å². The van der Waals surface area contributed by atoms with Crippen LogP contribution in [0.3, 0.4) is 0 Å². The highest BCUT2D eigenvalue weighted by Crippen LogP contribution is 2.25. The summed E-state index contributed by atoms with van der Waals surface area (Å²) in [5, 5.41) is 3.05. The summed E-state index contributed by atoms with van der Waals surface area (Å²) in [5.74, 6) is 0.129. The fraction of sp³-hybridized carbons (Fsp3) is 0.136. The van der Waals surface area contributed by atoms with E-state index in [1.54, 1.807) is 48.5 Å². The molecule has 2 N–H and O–H groups in total. The van der Waals surface area contributed by atoms with Crippen LogP contribution in [-0.4, -0.2) is 20.4 Å². The van der Waals surface area contributed by atoms with Gasteiger partial charge in [-0.1, -0.05) is 35.9 Å². The molecule has 156 valence electrons. The third-order valence-electron chi connectivity index (χ3n) is 4.04. The van der Waals surface area contributed by atoms with Crippen LogP contribution in [0, 0.1) is 0 Å². The van der Waals surface area contributed by atoms with Crippen molar-refractivity contribution < 1.29 is 17.9 Å². The van der Waals surface area contributed by atoms with Crippen LogP contribution in [-0.2, 0) is 10.0 Å². The predicted octanol–water partition coefficient (Wildman–Crippen LogP) is 5.18. The summed E-state index contributed by atoms with van der Waals surface area (Å²) in [6, 6.07) is 19.4. The van der Waals surface area contributed by atoms with E-state index < -0.39 is 10.0 Å². The molecule has 0 aliphatic heterocycles. The maximum atomic E-state index is 12.6. The SMILES string of the molecule is CC(C)Oc1ccccc1C(=O)Nc1ccc(S(=O)(=O)Nc2ccccc2Cl)cc1. The minimum Gasteiger partial charge on any atom is -0.490 e. The molecule has 6 nitrogen and oxygen atoms in total. The monoisotopic (exact) mass is 444 g/mol. The van der Waals surface area contributed by atoms with Crippen molar-refractivity contribution in [1.29, 1.82) is 0 Å². The Kier molecular flexibility index (Phi) is 6.64. The maximum absolute atomic E-state index is 12.6. The molecular formula is C22H21ClN2O4S. The normalized spacial score (nSPS) is 11.2. The minimum atomic E-state index is -3.82. The molecule has 0 aromatic heterocycles. The Balaban J connectivity index is 1.75. The molecular weight excluding hydrogens is 424 g/mol. The van der Waals surface area contributed by atoms with Gasteiger partial charge in [-0.25, -0.2) is 8.42 Å². The van der Waals surface area contributed by atoms with Crippen molar-refractivity contribution in [2.45, 2.75) is 24.8 Å². The number of amides is 1. The Morgan fingerprint density at radius 1 is 0.933 bits per heavy atom. The van der Waals surface area contributed by atoms with Crippen molar-refractivity contribution in [1.82, 2.24) is 0 Å². The molecule has 30 heavy (non-hydrogen) atoms. The number of hydrogen-bond donors (Lipinski definition) is 2. The number of hydrogen-bond acceptors (Lipinski definition) is 4. The Hall–Kier alpha value is -3.03. The van der Waals surface area contributed by atoms with Gasteiger partial charge >= 0.3 is 0 Å². The van der Waals surface area contributed by atoms with Crippen molar-refractivity contribution in [2.75, 3.05) is 10.0 Å². The number of benzene rings is 3. The molecule has 0 aliphatic rings. The number of nitrogens with one attached hydrogen (secondary N) is 2. The Bertz CT molecular complexity index is 1150. The highest BCUT2D eigenvalue weighted by molar-refractivity contribution is 7.92. The molecule has 3 aromatic carbocycles. The van der Waals surface area contributed by atoms with E-state index in [9.17, 15) is 13.2 Å². The van der Waals surface area contributed by atoms with Crippen molar-refractivity contribution in [3.05, 3.63) is 83.4 Å². The summed E-state index contributed by atoms with van der Waals surface area (Å²) in [6.45, 7) is 3.76. The number of halogens is 1. The number of anilines is 2. The second-order valence-electron chi connectivity index (χ2n) is 6.73. The van der Waals surface area contributed by atoms with E-state index in [-0.39, 0.29) is 16.9 Å². The van der Waals surface area contributed by atoms with Gasteiger partial charge in [-0.3, -0.25) is 9.52 Å². The van der Waals surface area contributed by atoms with Crippen LogP contribution in [0.15, 0.2) is 77.7 Å². The zero-order valence-electron chi connectivity index (χ0n) is 16.4. The highest BCUT2D eigenvalue weighted by Gasteiger charge is 2.17. The summed E-state index contributed by atoms with van der Waals surface area (Å²) in [5.41, 5.74) is 1.14. The largest absolute Gasteiger partial charge is 0.490 e. The van der Waals surface area contributed by atoms with Crippen molar-refractivity contribution in [3.63, 3.8) is 0 Å². The first kappa shape index (κ1) is 21.7. The van der Waals surface area contributed by atoms with E-state index in [0.29, 0.717) is 27.7 Å². The second kappa shape index (κ2) is 9.19. The molecule has 0 aliphatic carbocycles. The van der Waals surface area contributed by atoms with Gasteiger partial charge in [0.05, 0.1) is 27.3 Å². The zero-order chi connectivity index (χ0) is 21.7. The first-order chi connectivity index (χ1) is 14.3. The summed E-state index contributed by atoms with van der Waals surface area (Å²) in [4.78, 5) is 12.7. The topological polar surface area (TPSA) is 84.5 Å². The van der Waals surface area contributed by atoms with E-state index in [0.717, 1.165) is 0 Å². The summed E-state index contributed by atoms with van der Waals surface area (Å²) < 4.78 is 33.3. The lowest BCUT2D eigenvalue weighted by molar-refractivity contribution is 0.102. The Labute approximate surface area is 180 Å². The number of rotatable bonds is 7. The lowest BCUT2D eigenvalue weighted by Gasteiger charge is -2.14. The van der Waals surface area contributed by atoms with Gasteiger partial charge in [-0.05, 0) is 62.4 Å². The molecule has 3 aromatic rings. The fourth-order valence-electron chi connectivity index (χ4n) is 2.67. The van der Waals surface area contributed by atoms with Crippen LogP contribution in [0.1, 0.15) is 24.2 Å². The van der Waals surface area contributed by atoms with Gasteiger partial charge in [-0.15, -0.1) is 0 Å². The third kappa shape index (κ3) is 5.31.